The molecule has 0 spiro atoms. The van der Waals surface area contributed by atoms with Gasteiger partial charge in [-0.05, 0) is 12.1 Å². The number of nitrogens with zero attached hydrogens (tertiary/aromatic N) is 3. The zero-order chi connectivity index (χ0) is 15.8. The minimum atomic E-state index is -0.988. The smallest absolute Gasteiger partial charge is 0.325 e. The highest BCUT2D eigenvalue weighted by Gasteiger charge is 2.06. The van der Waals surface area contributed by atoms with Gasteiger partial charge >= 0.3 is 5.97 Å². The Hall–Kier alpha value is -2.35. The van der Waals surface area contributed by atoms with E-state index in [1.165, 1.54) is 10.9 Å². The monoisotopic (exact) mass is 320 g/mol. The van der Waals surface area contributed by atoms with Crippen molar-refractivity contribution in [2.45, 2.75) is 24.4 Å². The van der Waals surface area contributed by atoms with Crippen LogP contribution in [-0.2, 0) is 22.7 Å². The zero-order valence-electron chi connectivity index (χ0n) is 11.8. The molecule has 0 fully saturated rings. The molecule has 22 heavy (non-hydrogen) atoms. The van der Waals surface area contributed by atoms with Crippen LogP contribution in [0.2, 0.25) is 0 Å². The molecular formula is C14H16N4O3S. The van der Waals surface area contributed by atoms with Crippen LogP contribution >= 0.6 is 11.8 Å². The van der Waals surface area contributed by atoms with E-state index < -0.39 is 5.97 Å². The SMILES string of the molecule is O=C(O)Cn1cc(CNC(=O)CCSc2ccccc2)nn1. The number of carboxylic acid groups (broad SMARTS) is 1. The molecule has 8 heteroatoms. The molecule has 1 amide bonds. The van der Waals surface area contributed by atoms with E-state index in [9.17, 15) is 9.59 Å². The van der Waals surface area contributed by atoms with Crippen LogP contribution in [0.15, 0.2) is 41.4 Å². The summed E-state index contributed by atoms with van der Waals surface area (Å²) >= 11 is 1.62. The Morgan fingerprint density at radius 1 is 1.27 bits per heavy atom. The third kappa shape index (κ3) is 5.57. The maximum absolute atomic E-state index is 11.7. The molecule has 7 nitrogen and oxygen atoms in total. The molecule has 0 saturated carbocycles. The van der Waals surface area contributed by atoms with Crippen LogP contribution in [0, 0.1) is 0 Å². The first-order valence-corrected chi connectivity index (χ1v) is 7.67. The summed E-state index contributed by atoms with van der Waals surface area (Å²) in [7, 11) is 0. The Kier molecular flexibility index (Phi) is 5.96. The van der Waals surface area contributed by atoms with Gasteiger partial charge in [0.1, 0.15) is 12.2 Å². The van der Waals surface area contributed by atoms with E-state index in [1.54, 1.807) is 11.8 Å². The number of hydrogen-bond donors (Lipinski definition) is 2. The summed E-state index contributed by atoms with van der Waals surface area (Å²) in [4.78, 5) is 23.4. The second-order valence-electron chi connectivity index (χ2n) is 4.49. The third-order valence-electron chi connectivity index (χ3n) is 2.69. The third-order valence-corrected chi connectivity index (χ3v) is 3.70. The molecule has 2 rings (SSSR count). The Labute approximate surface area is 131 Å². The van der Waals surface area contributed by atoms with Crippen molar-refractivity contribution in [3.63, 3.8) is 0 Å². The van der Waals surface area contributed by atoms with Crippen molar-refractivity contribution in [3.05, 3.63) is 42.2 Å². The van der Waals surface area contributed by atoms with Crippen LogP contribution < -0.4 is 5.32 Å². The molecule has 2 N–H and O–H groups in total. The fourth-order valence-corrected chi connectivity index (χ4v) is 2.56. The molecule has 116 valence electrons. The lowest BCUT2D eigenvalue weighted by Crippen LogP contribution is -2.23. The van der Waals surface area contributed by atoms with E-state index in [0.717, 1.165) is 4.90 Å². The molecular weight excluding hydrogens is 304 g/mol. The van der Waals surface area contributed by atoms with Crippen LogP contribution in [0.1, 0.15) is 12.1 Å². The van der Waals surface area contributed by atoms with Crippen LogP contribution in [0.4, 0.5) is 0 Å². The molecule has 0 bridgehead atoms. The van der Waals surface area contributed by atoms with Crippen molar-refractivity contribution in [1.82, 2.24) is 20.3 Å². The lowest BCUT2D eigenvalue weighted by atomic mass is 10.4. The number of rotatable bonds is 8. The van der Waals surface area contributed by atoms with Gasteiger partial charge in [-0.1, -0.05) is 23.4 Å². The molecule has 1 heterocycles. The lowest BCUT2D eigenvalue weighted by Gasteiger charge is -2.03. The minimum Gasteiger partial charge on any atom is -0.480 e. The number of aliphatic carboxylic acids is 1. The summed E-state index contributed by atoms with van der Waals surface area (Å²) in [6, 6.07) is 9.88. The van der Waals surface area contributed by atoms with Gasteiger partial charge in [0.05, 0.1) is 12.7 Å². The maximum Gasteiger partial charge on any atom is 0.325 e. The summed E-state index contributed by atoms with van der Waals surface area (Å²) < 4.78 is 1.22. The highest BCUT2D eigenvalue weighted by Crippen LogP contribution is 2.17. The number of nitrogens with one attached hydrogen (secondary N) is 1. The van der Waals surface area contributed by atoms with Crippen molar-refractivity contribution in [2.24, 2.45) is 0 Å². The molecule has 0 atom stereocenters. The van der Waals surface area contributed by atoms with Crippen molar-refractivity contribution in [3.8, 4) is 0 Å². The number of amides is 1. The quantitative estimate of drug-likeness (QED) is 0.709. The number of thioether (sulfide) groups is 1. The molecule has 0 aliphatic carbocycles. The van der Waals surface area contributed by atoms with Gasteiger partial charge in [0.25, 0.3) is 0 Å². The predicted molar refractivity (Wildman–Crippen MR) is 81.3 cm³/mol. The fourth-order valence-electron chi connectivity index (χ4n) is 1.69. The molecule has 0 aliphatic rings. The highest BCUT2D eigenvalue weighted by molar-refractivity contribution is 7.99. The van der Waals surface area contributed by atoms with Gasteiger partial charge < -0.3 is 10.4 Å². The highest BCUT2D eigenvalue weighted by atomic mass is 32.2. The van der Waals surface area contributed by atoms with Crippen LogP contribution in [0.5, 0.6) is 0 Å². The van der Waals surface area contributed by atoms with Gasteiger partial charge in [-0.2, -0.15) is 0 Å². The first kappa shape index (κ1) is 16.0. The largest absolute Gasteiger partial charge is 0.480 e. The number of carbonyl (C=O) groups is 2. The molecule has 1 aromatic carbocycles. The van der Waals surface area contributed by atoms with E-state index in [1.807, 2.05) is 30.3 Å². The Bertz CT molecular complexity index is 630. The summed E-state index contributed by atoms with van der Waals surface area (Å²) in [5.41, 5.74) is 0.533. The summed E-state index contributed by atoms with van der Waals surface area (Å²) in [5.74, 6) is -0.365. The van der Waals surface area contributed by atoms with Gasteiger partial charge in [-0.25, -0.2) is 4.68 Å². The standard InChI is InChI=1S/C14H16N4O3S/c19-13(6-7-22-12-4-2-1-3-5-12)15-8-11-9-18(17-16-11)10-14(20)21/h1-5,9H,6-8,10H2,(H,15,19)(H,20,21). The van der Waals surface area contributed by atoms with E-state index in [-0.39, 0.29) is 19.0 Å². The average Bonchev–Trinajstić information content (AvgIpc) is 2.93. The van der Waals surface area contributed by atoms with Crippen LogP contribution in [-0.4, -0.2) is 37.7 Å². The van der Waals surface area contributed by atoms with Crippen molar-refractivity contribution in [2.75, 3.05) is 5.75 Å². The molecule has 0 aliphatic heterocycles. The van der Waals surface area contributed by atoms with Gasteiger partial charge in [-0.3, -0.25) is 9.59 Å². The molecule has 0 unspecified atom stereocenters. The Morgan fingerprint density at radius 3 is 2.77 bits per heavy atom. The van der Waals surface area contributed by atoms with Gasteiger partial charge in [0.15, 0.2) is 0 Å². The van der Waals surface area contributed by atoms with E-state index in [4.69, 9.17) is 5.11 Å². The molecule has 2 aromatic rings. The second kappa shape index (κ2) is 8.18. The van der Waals surface area contributed by atoms with Crippen LogP contribution in [0.3, 0.4) is 0 Å². The number of carboxylic acids is 1. The lowest BCUT2D eigenvalue weighted by molar-refractivity contribution is -0.138. The average molecular weight is 320 g/mol. The molecule has 0 radical (unpaired) electrons. The van der Waals surface area contributed by atoms with E-state index >= 15 is 0 Å². The first-order chi connectivity index (χ1) is 10.6. The van der Waals surface area contributed by atoms with Crippen molar-refractivity contribution < 1.29 is 14.7 Å². The number of aromatic nitrogens is 3. The summed E-state index contributed by atoms with van der Waals surface area (Å²) in [6.07, 6.45) is 1.91. The van der Waals surface area contributed by atoms with Gasteiger partial charge in [0, 0.05) is 17.1 Å². The number of benzene rings is 1. The van der Waals surface area contributed by atoms with Gasteiger partial charge in [-0.15, -0.1) is 16.9 Å². The van der Waals surface area contributed by atoms with Gasteiger partial charge in [0.2, 0.25) is 5.91 Å². The second-order valence-corrected chi connectivity index (χ2v) is 5.66. The topological polar surface area (TPSA) is 97.1 Å². The summed E-state index contributed by atoms with van der Waals surface area (Å²) in [5, 5.41) is 18.8. The number of carbonyl (C=O) groups excluding carboxylic acids is 1. The fraction of sp³-hybridized carbons (Fsp3) is 0.286. The number of hydrogen-bond acceptors (Lipinski definition) is 5. The van der Waals surface area contributed by atoms with Crippen molar-refractivity contribution in [1.29, 1.82) is 0 Å². The molecule has 1 aromatic heterocycles. The maximum atomic E-state index is 11.7. The minimum absolute atomic E-state index is 0.0729. The normalized spacial score (nSPS) is 10.4. The Morgan fingerprint density at radius 2 is 2.05 bits per heavy atom. The van der Waals surface area contributed by atoms with Crippen molar-refractivity contribution >= 4 is 23.6 Å². The predicted octanol–water partition coefficient (Wildman–Crippen LogP) is 1.16. The zero-order valence-corrected chi connectivity index (χ0v) is 12.6. The van der Waals surface area contributed by atoms with Crippen LogP contribution in [0.25, 0.3) is 0 Å². The Balaban J connectivity index is 1.67. The first-order valence-electron chi connectivity index (χ1n) is 6.69. The van der Waals surface area contributed by atoms with E-state index in [0.29, 0.717) is 17.9 Å². The summed E-state index contributed by atoms with van der Waals surface area (Å²) in [6.45, 7) is 0.00309. The van der Waals surface area contributed by atoms with E-state index in [2.05, 4.69) is 15.6 Å². The molecule has 0 saturated heterocycles.